The zero-order chi connectivity index (χ0) is 7.41. The summed E-state index contributed by atoms with van der Waals surface area (Å²) in [6.07, 6.45) is 0. The zero-order valence-electron chi connectivity index (χ0n) is 3.45. The van der Waals surface area contributed by atoms with Gasteiger partial charge >= 0.3 is 59.7 Å². The van der Waals surface area contributed by atoms with Crippen LogP contribution in [0.15, 0.2) is 0 Å². The van der Waals surface area contributed by atoms with Crippen molar-refractivity contribution >= 4 is 30.4 Å². The van der Waals surface area contributed by atoms with Gasteiger partial charge in [-0.25, -0.2) is 0 Å². The minimum atomic E-state index is -2.27. The molecule has 0 heterocycles. The zero-order valence-corrected chi connectivity index (χ0v) is 10.2. The molecule has 0 aliphatic rings. The van der Waals surface area contributed by atoms with Crippen molar-refractivity contribution in [2.45, 2.75) is 0 Å². The number of rotatable bonds is 0. The maximum absolute atomic E-state index is 8.54. The van der Waals surface area contributed by atoms with E-state index in [1.165, 1.54) is 0 Å². The van der Waals surface area contributed by atoms with Crippen LogP contribution in [-0.4, -0.2) is 30.4 Å². The van der Waals surface area contributed by atoms with E-state index in [0.717, 1.165) is 0 Å². The van der Waals surface area contributed by atoms with E-state index < -0.39 is 30.4 Å². The molecule has 0 radical (unpaired) electrons. The molecule has 8 heavy (non-hydrogen) atoms. The predicted molar refractivity (Wildman–Crippen MR) is 14.9 cm³/mol. The Kier molecular flexibility index (Phi) is 94.0. The second kappa shape index (κ2) is 47.4. The van der Waals surface area contributed by atoms with Gasteiger partial charge < -0.3 is 0 Å². The van der Waals surface area contributed by atoms with Crippen molar-refractivity contribution in [3.05, 3.63) is 0 Å². The molecule has 5 nitrogen and oxygen atoms in total. The Morgan fingerprint density at radius 2 is 1.12 bits per heavy atom. The molecule has 0 atom stereocenters. The summed E-state index contributed by atoms with van der Waals surface area (Å²) in [6.45, 7) is 0. The van der Waals surface area contributed by atoms with Crippen molar-refractivity contribution in [1.29, 1.82) is 0 Å². The quantitative estimate of drug-likeness (QED) is 0.461. The fourth-order valence-electron chi connectivity index (χ4n) is 0. The molecule has 0 aromatic rings. The van der Waals surface area contributed by atoms with Gasteiger partial charge in [0.05, 0.1) is 0 Å². The van der Waals surface area contributed by atoms with Gasteiger partial charge in [0.1, 0.15) is 0 Å². The van der Waals surface area contributed by atoms with Crippen molar-refractivity contribution in [3.8, 4) is 0 Å². The van der Waals surface area contributed by atoms with Gasteiger partial charge in [0, 0.05) is 0 Å². The molecule has 0 rings (SSSR count). The molecule has 8 heteroatoms. The Bertz CT molecular complexity index is 76.6. The van der Waals surface area contributed by atoms with E-state index in [-0.39, 0.29) is 0 Å². The molecule has 0 N–H and O–H groups in total. The fourth-order valence-corrected chi connectivity index (χ4v) is 0. The molecule has 0 aliphatic heterocycles. The molecule has 0 bridgehead atoms. The van der Waals surface area contributed by atoms with E-state index in [1.807, 2.05) is 0 Å². The van der Waals surface area contributed by atoms with Gasteiger partial charge in [-0.15, -0.1) is 0 Å². The predicted octanol–water partition coefficient (Wildman–Crippen LogP) is -1.36. The third kappa shape index (κ3) is 440. The first-order valence-corrected chi connectivity index (χ1v) is 5.33. The second-order valence-corrected chi connectivity index (χ2v) is 0.809. The van der Waals surface area contributed by atoms with Crippen molar-refractivity contribution < 1.29 is 38.3 Å². The van der Waals surface area contributed by atoms with Crippen molar-refractivity contribution in [2.75, 3.05) is 0 Å². The Labute approximate surface area is 68.4 Å². The van der Waals surface area contributed by atoms with Crippen LogP contribution in [0.3, 0.4) is 0 Å². The first kappa shape index (κ1) is 15.9. The Morgan fingerprint density at radius 1 is 1.12 bits per heavy atom. The van der Waals surface area contributed by atoms with Crippen LogP contribution >= 0.6 is 0 Å². The molecular weight excluding hydrogens is 411 g/mol. The fraction of sp³-hybridized carbons (Fsp3) is 0. The van der Waals surface area contributed by atoms with Gasteiger partial charge in [-0.2, -0.15) is 0 Å². The van der Waals surface area contributed by atoms with Crippen molar-refractivity contribution in [1.82, 2.24) is 0 Å². The Balaban J connectivity index is -0.0000000483. The van der Waals surface area contributed by atoms with Gasteiger partial charge in [-0.05, 0) is 0 Å². The van der Waals surface area contributed by atoms with E-state index in [0.29, 0.717) is 19.8 Å². The first-order valence-electron chi connectivity index (χ1n) is 0.983. The van der Waals surface area contributed by atoms with Crippen LogP contribution in [0.4, 0.5) is 0 Å². The molecule has 0 aromatic carbocycles. The van der Waals surface area contributed by atoms with Crippen LogP contribution in [-0.2, 0) is 38.3 Å². The van der Waals surface area contributed by atoms with Crippen LogP contribution in [0, 0.1) is 0 Å². The molecule has 0 fully saturated rings. The second-order valence-electron chi connectivity index (χ2n) is 0.167. The normalized spacial score (nSPS) is 2.50. The van der Waals surface area contributed by atoms with Gasteiger partial charge in [-0.3, -0.25) is 8.92 Å². The SMILES string of the molecule is O=[Si]=O.[O]=[Sn]=[O].[O]=[W]. The summed E-state index contributed by atoms with van der Waals surface area (Å²) in [5.74, 6) is 0. The van der Waals surface area contributed by atoms with Crippen molar-refractivity contribution in [2.24, 2.45) is 0 Å². The molecule has 0 unspecified atom stereocenters. The van der Waals surface area contributed by atoms with Gasteiger partial charge in [0.25, 0.3) is 0 Å². The number of hydrogen-bond acceptors (Lipinski definition) is 5. The Hall–Kier alpha value is 0.704. The molecule has 0 saturated carbocycles. The molecular formula is O5SiSnW. The van der Waals surface area contributed by atoms with Gasteiger partial charge in [0.2, 0.25) is 0 Å². The van der Waals surface area contributed by atoms with E-state index in [4.69, 9.17) is 18.5 Å². The summed E-state index contributed by atoms with van der Waals surface area (Å²) < 4.78 is 42.2. The van der Waals surface area contributed by atoms with Crippen molar-refractivity contribution in [3.63, 3.8) is 0 Å². The summed E-state index contributed by atoms with van der Waals surface area (Å²) in [6, 6.07) is 0. The summed E-state index contributed by atoms with van der Waals surface area (Å²) in [5.41, 5.74) is 0. The van der Waals surface area contributed by atoms with Gasteiger partial charge in [0.15, 0.2) is 0 Å². The standard InChI is InChI=1S/O2Si.3O.Sn.W/c1-3-2;;;;;. The summed E-state index contributed by atoms with van der Waals surface area (Å²) in [7, 11) is -1.42. The Morgan fingerprint density at radius 3 is 1.12 bits per heavy atom. The first-order chi connectivity index (χ1) is 3.83. The molecule has 0 aliphatic carbocycles. The third-order valence-corrected chi connectivity index (χ3v) is 0. The van der Waals surface area contributed by atoms with E-state index in [2.05, 4.69) is 0 Å². The third-order valence-electron chi connectivity index (χ3n) is 0. The minimum absolute atomic E-state index is 0.333. The summed E-state index contributed by atoms with van der Waals surface area (Å²) in [5, 5.41) is 0. The summed E-state index contributed by atoms with van der Waals surface area (Å²) in [4.78, 5) is 0. The topological polar surface area (TPSA) is 85.3 Å². The van der Waals surface area contributed by atoms with Crippen LogP contribution in [0.1, 0.15) is 0 Å². The average Bonchev–Trinajstić information content (AvgIpc) is 1.75. The maximum atomic E-state index is 8.54. The molecule has 0 saturated heterocycles. The van der Waals surface area contributed by atoms with Crippen LogP contribution in [0.5, 0.6) is 0 Å². The monoisotopic (exact) mass is 412 g/mol. The van der Waals surface area contributed by atoms with E-state index in [9.17, 15) is 0 Å². The van der Waals surface area contributed by atoms with Crippen LogP contribution < -0.4 is 0 Å². The van der Waals surface area contributed by atoms with E-state index >= 15 is 0 Å². The summed E-state index contributed by atoms with van der Waals surface area (Å²) >= 11 is -1.94. The van der Waals surface area contributed by atoms with Crippen LogP contribution in [0.25, 0.3) is 0 Å². The average molecular weight is 411 g/mol. The van der Waals surface area contributed by atoms with E-state index in [1.54, 1.807) is 0 Å². The molecule has 44 valence electrons. The van der Waals surface area contributed by atoms with Crippen LogP contribution in [0.2, 0.25) is 0 Å². The molecule has 0 amide bonds. The molecule has 0 aromatic heterocycles. The number of hydrogen-bond donors (Lipinski definition) is 0. The van der Waals surface area contributed by atoms with Gasteiger partial charge in [-0.1, -0.05) is 0 Å². The molecule has 0 spiro atoms.